The second-order valence-corrected chi connectivity index (χ2v) is 8.79. The number of rotatable bonds is 6. The Kier molecular flexibility index (Phi) is 5.27. The van der Waals surface area contributed by atoms with E-state index in [1.807, 2.05) is 0 Å². The van der Waals surface area contributed by atoms with Gasteiger partial charge in [0.1, 0.15) is 5.60 Å². The topological polar surface area (TPSA) is 81.4 Å². The molecule has 1 N–H and O–H groups in total. The first-order valence-electron chi connectivity index (χ1n) is 9.50. The van der Waals surface area contributed by atoms with E-state index >= 15 is 0 Å². The third kappa shape index (κ3) is 3.46. The first-order chi connectivity index (χ1) is 14.9. The van der Waals surface area contributed by atoms with Gasteiger partial charge in [-0.3, -0.25) is 0 Å². The smallest absolute Gasteiger partial charge is 0.268 e. The maximum atomic E-state index is 13.7. The van der Waals surface area contributed by atoms with Gasteiger partial charge in [-0.05, 0) is 35.9 Å². The molecule has 31 heavy (non-hydrogen) atoms. The minimum absolute atomic E-state index is 0.105. The number of aliphatic hydroxyl groups is 1. The largest absolute Gasteiger partial charge is 0.481 e. The van der Waals surface area contributed by atoms with Crippen molar-refractivity contribution in [2.24, 2.45) is 0 Å². The summed E-state index contributed by atoms with van der Waals surface area (Å²) in [5.74, 6) is 2.77. The van der Waals surface area contributed by atoms with Gasteiger partial charge >= 0.3 is 0 Å². The zero-order valence-corrected chi connectivity index (χ0v) is 17.6. The Balaban J connectivity index is 2.07. The van der Waals surface area contributed by atoms with Crippen LogP contribution in [0.4, 0.5) is 0 Å². The van der Waals surface area contributed by atoms with Crippen LogP contribution in [-0.2, 0) is 15.6 Å². The van der Waals surface area contributed by atoms with Gasteiger partial charge < -0.3 is 9.84 Å². The summed E-state index contributed by atoms with van der Waals surface area (Å²) in [7, 11) is -2.58. The first kappa shape index (κ1) is 20.7. The molecule has 0 bridgehead atoms. The van der Waals surface area contributed by atoms with Crippen LogP contribution in [0, 0.1) is 12.3 Å². The SMILES string of the molecule is C#CCC(O)(c1ccnc(OC)c1)c1cc2ccccc2n1S(=O)(=O)c1ccccc1. The normalized spacial score (nSPS) is 13.5. The molecule has 2 aromatic carbocycles. The lowest BCUT2D eigenvalue weighted by molar-refractivity contribution is 0.0809. The van der Waals surface area contributed by atoms with E-state index < -0.39 is 15.6 Å². The summed E-state index contributed by atoms with van der Waals surface area (Å²) in [5, 5.41) is 12.5. The zero-order chi connectivity index (χ0) is 22.1. The summed E-state index contributed by atoms with van der Waals surface area (Å²) >= 11 is 0. The average Bonchev–Trinajstić information content (AvgIpc) is 3.21. The summed E-state index contributed by atoms with van der Waals surface area (Å²) in [6.45, 7) is 0. The van der Waals surface area contributed by atoms with Crippen molar-refractivity contribution >= 4 is 20.9 Å². The minimum Gasteiger partial charge on any atom is -0.481 e. The highest BCUT2D eigenvalue weighted by Gasteiger charge is 2.38. The molecule has 6 nitrogen and oxygen atoms in total. The first-order valence-corrected chi connectivity index (χ1v) is 10.9. The minimum atomic E-state index is -4.04. The Morgan fingerprint density at radius 2 is 1.81 bits per heavy atom. The number of benzene rings is 2. The van der Waals surface area contributed by atoms with Crippen LogP contribution >= 0.6 is 0 Å². The number of aromatic nitrogens is 2. The number of hydrogen-bond acceptors (Lipinski definition) is 5. The lowest BCUT2D eigenvalue weighted by Gasteiger charge is -2.28. The fourth-order valence-electron chi connectivity index (χ4n) is 3.64. The monoisotopic (exact) mass is 432 g/mol. The van der Waals surface area contributed by atoms with Gasteiger partial charge in [0.15, 0.2) is 0 Å². The van der Waals surface area contributed by atoms with Gasteiger partial charge in [0, 0.05) is 24.1 Å². The van der Waals surface area contributed by atoms with Gasteiger partial charge in [-0.2, -0.15) is 0 Å². The van der Waals surface area contributed by atoms with E-state index in [2.05, 4.69) is 10.9 Å². The molecule has 156 valence electrons. The predicted molar refractivity (Wildman–Crippen MR) is 118 cm³/mol. The highest BCUT2D eigenvalue weighted by atomic mass is 32.2. The highest BCUT2D eigenvalue weighted by Crippen LogP contribution is 2.39. The molecule has 0 aliphatic carbocycles. The molecule has 0 aliphatic heterocycles. The van der Waals surface area contributed by atoms with Crippen molar-refractivity contribution in [3.8, 4) is 18.2 Å². The summed E-state index contributed by atoms with van der Waals surface area (Å²) in [5.41, 5.74) is -0.836. The van der Waals surface area contributed by atoms with Crippen LogP contribution in [0.1, 0.15) is 17.7 Å². The number of terminal acetylenes is 1. The van der Waals surface area contributed by atoms with Crippen LogP contribution in [0.15, 0.2) is 83.9 Å². The molecule has 1 unspecified atom stereocenters. The van der Waals surface area contributed by atoms with Gasteiger partial charge in [-0.15, -0.1) is 12.3 Å². The lowest BCUT2D eigenvalue weighted by Crippen LogP contribution is -2.32. The number of fused-ring (bicyclic) bond motifs is 1. The van der Waals surface area contributed by atoms with Crippen LogP contribution in [0.5, 0.6) is 5.88 Å². The third-order valence-corrected chi connectivity index (χ3v) is 6.89. The Hall–Kier alpha value is -3.60. The Labute approximate surface area is 180 Å². The van der Waals surface area contributed by atoms with E-state index in [0.29, 0.717) is 16.5 Å². The van der Waals surface area contributed by atoms with Crippen molar-refractivity contribution in [3.05, 3.63) is 90.3 Å². The third-order valence-electron chi connectivity index (χ3n) is 5.15. The van der Waals surface area contributed by atoms with Crippen molar-refractivity contribution < 1.29 is 18.3 Å². The Morgan fingerprint density at radius 1 is 1.10 bits per heavy atom. The summed E-state index contributed by atoms with van der Waals surface area (Å²) < 4.78 is 33.8. The van der Waals surface area contributed by atoms with E-state index in [1.165, 1.54) is 29.4 Å². The number of hydrogen-bond donors (Lipinski definition) is 1. The van der Waals surface area contributed by atoms with Gasteiger partial charge in [0.2, 0.25) is 5.88 Å². The van der Waals surface area contributed by atoms with E-state index in [4.69, 9.17) is 11.2 Å². The molecule has 0 aliphatic rings. The molecule has 7 heteroatoms. The van der Waals surface area contributed by atoms with Gasteiger partial charge in [0.05, 0.1) is 23.2 Å². The predicted octanol–water partition coefficient (Wildman–Crippen LogP) is 3.54. The van der Waals surface area contributed by atoms with Gasteiger partial charge in [0.25, 0.3) is 10.0 Å². The van der Waals surface area contributed by atoms with E-state index in [-0.39, 0.29) is 22.9 Å². The van der Waals surface area contributed by atoms with Gasteiger partial charge in [-0.1, -0.05) is 36.4 Å². The fraction of sp³-hybridized carbons (Fsp3) is 0.125. The maximum absolute atomic E-state index is 13.7. The van der Waals surface area contributed by atoms with Crippen LogP contribution < -0.4 is 4.74 Å². The fourth-order valence-corrected chi connectivity index (χ4v) is 5.24. The summed E-state index contributed by atoms with van der Waals surface area (Å²) in [4.78, 5) is 4.18. The van der Waals surface area contributed by atoms with Crippen molar-refractivity contribution in [2.45, 2.75) is 16.9 Å². The number of nitrogens with zero attached hydrogens (tertiary/aromatic N) is 2. The molecule has 2 heterocycles. The highest BCUT2D eigenvalue weighted by molar-refractivity contribution is 7.90. The molecule has 0 saturated heterocycles. The van der Waals surface area contributed by atoms with Crippen LogP contribution in [0.25, 0.3) is 10.9 Å². The number of ether oxygens (including phenoxy) is 1. The lowest BCUT2D eigenvalue weighted by atomic mass is 9.88. The molecule has 0 spiro atoms. The second kappa shape index (κ2) is 7.91. The molecule has 0 saturated carbocycles. The van der Waals surface area contributed by atoms with Crippen molar-refractivity contribution in [1.29, 1.82) is 0 Å². The average molecular weight is 433 g/mol. The Morgan fingerprint density at radius 3 is 2.52 bits per heavy atom. The quantitative estimate of drug-likeness (QED) is 0.472. The molecule has 0 fully saturated rings. The number of pyridine rings is 1. The summed E-state index contributed by atoms with van der Waals surface area (Å²) in [6, 6.07) is 19.9. The standard InChI is InChI=1S/C24H20N2O4S/c1-3-14-24(27,19-13-15-25-23(17-19)30-2)22-16-18-9-7-8-12-21(18)26(22)31(28,29)20-10-5-4-6-11-20/h1,4-13,15-17,27H,14H2,2H3. The van der Waals surface area contributed by atoms with Crippen molar-refractivity contribution in [2.75, 3.05) is 7.11 Å². The van der Waals surface area contributed by atoms with E-state index in [1.54, 1.807) is 60.7 Å². The maximum Gasteiger partial charge on any atom is 0.268 e. The number of methoxy groups -OCH3 is 1. The van der Waals surface area contributed by atoms with Crippen LogP contribution in [0.3, 0.4) is 0 Å². The zero-order valence-electron chi connectivity index (χ0n) is 16.8. The molecular weight excluding hydrogens is 412 g/mol. The van der Waals surface area contributed by atoms with Crippen molar-refractivity contribution in [3.63, 3.8) is 0 Å². The molecule has 0 radical (unpaired) electrons. The molecule has 4 rings (SSSR count). The molecule has 2 aromatic heterocycles. The second-order valence-electron chi connectivity index (χ2n) is 7.00. The molecule has 1 atom stereocenters. The van der Waals surface area contributed by atoms with Crippen LogP contribution in [0.2, 0.25) is 0 Å². The Bertz CT molecular complexity index is 1390. The van der Waals surface area contributed by atoms with E-state index in [9.17, 15) is 13.5 Å². The van der Waals surface area contributed by atoms with E-state index in [0.717, 1.165) is 0 Å². The molecule has 0 amide bonds. The number of para-hydroxylation sites is 1. The van der Waals surface area contributed by atoms with Crippen LogP contribution in [-0.4, -0.2) is 29.6 Å². The molecular formula is C24H20N2O4S. The van der Waals surface area contributed by atoms with Gasteiger partial charge in [-0.25, -0.2) is 17.4 Å². The van der Waals surface area contributed by atoms with Crippen molar-refractivity contribution in [1.82, 2.24) is 8.96 Å². The summed E-state index contributed by atoms with van der Waals surface area (Å²) in [6.07, 6.45) is 6.94. The molecule has 4 aromatic rings.